The molecule has 0 fully saturated rings. The Morgan fingerprint density at radius 2 is 1.88 bits per heavy atom. The SMILES string of the molecule is C/C(=N\NNC(=O)NN)c1ccc(C)cc1.Cl. The Balaban J connectivity index is 0.00000256. The largest absolute Gasteiger partial charge is 0.348 e. The average molecular weight is 258 g/mol. The number of halogens is 1. The first-order valence-electron chi connectivity index (χ1n) is 4.76. The number of nitrogens with two attached hydrogens (primary N) is 1. The van der Waals surface area contributed by atoms with E-state index in [0.717, 1.165) is 11.3 Å². The molecule has 0 saturated carbocycles. The molecule has 94 valence electrons. The molecule has 1 rings (SSSR count). The van der Waals surface area contributed by atoms with Crippen LogP contribution in [0.3, 0.4) is 0 Å². The maximum atomic E-state index is 10.7. The number of hydrazone groups is 1. The van der Waals surface area contributed by atoms with Gasteiger partial charge in [-0.2, -0.15) is 5.10 Å². The normalized spacial score (nSPS) is 10.2. The number of nitrogens with one attached hydrogen (secondary N) is 3. The fourth-order valence-corrected chi connectivity index (χ4v) is 1.06. The summed E-state index contributed by atoms with van der Waals surface area (Å²) < 4.78 is 0. The number of benzene rings is 1. The van der Waals surface area contributed by atoms with Gasteiger partial charge >= 0.3 is 6.03 Å². The van der Waals surface area contributed by atoms with Crippen LogP contribution in [-0.4, -0.2) is 11.7 Å². The summed E-state index contributed by atoms with van der Waals surface area (Å²) in [7, 11) is 0. The highest BCUT2D eigenvalue weighted by molar-refractivity contribution is 5.98. The summed E-state index contributed by atoms with van der Waals surface area (Å²) in [6.45, 7) is 3.85. The van der Waals surface area contributed by atoms with Crippen molar-refractivity contribution >= 4 is 24.1 Å². The van der Waals surface area contributed by atoms with Crippen LogP contribution < -0.4 is 22.2 Å². The van der Waals surface area contributed by atoms with Crippen molar-refractivity contribution in [1.29, 1.82) is 0 Å². The number of urea groups is 1. The molecule has 0 unspecified atom stereocenters. The lowest BCUT2D eigenvalue weighted by molar-refractivity contribution is 0.237. The van der Waals surface area contributed by atoms with Gasteiger partial charge in [-0.25, -0.2) is 21.6 Å². The van der Waals surface area contributed by atoms with Crippen LogP contribution >= 0.6 is 12.4 Å². The van der Waals surface area contributed by atoms with Crippen molar-refractivity contribution in [2.45, 2.75) is 13.8 Å². The van der Waals surface area contributed by atoms with E-state index in [1.165, 1.54) is 5.56 Å². The van der Waals surface area contributed by atoms with Gasteiger partial charge < -0.3 is 0 Å². The Morgan fingerprint density at radius 1 is 1.29 bits per heavy atom. The molecule has 0 bridgehead atoms. The van der Waals surface area contributed by atoms with Crippen molar-refractivity contribution in [2.24, 2.45) is 10.9 Å². The van der Waals surface area contributed by atoms with E-state index >= 15 is 0 Å². The summed E-state index contributed by atoms with van der Waals surface area (Å²) >= 11 is 0. The van der Waals surface area contributed by atoms with Crippen molar-refractivity contribution < 1.29 is 4.79 Å². The second-order valence-electron chi connectivity index (χ2n) is 3.27. The summed E-state index contributed by atoms with van der Waals surface area (Å²) in [5.41, 5.74) is 9.46. The standard InChI is InChI=1S/C10H15N5O.ClH/c1-7-3-5-9(6-4-7)8(2)13-15-14-10(16)12-11;/h3-6,15H,11H2,1-2H3,(H2,12,14,16);1H/b13-8+;. The predicted octanol–water partition coefficient (Wildman–Crippen LogP) is 0.818. The van der Waals surface area contributed by atoms with Crippen LogP contribution in [0.25, 0.3) is 0 Å². The van der Waals surface area contributed by atoms with Gasteiger partial charge in [0, 0.05) is 0 Å². The van der Waals surface area contributed by atoms with Gasteiger partial charge in [0.2, 0.25) is 0 Å². The zero-order chi connectivity index (χ0) is 12.0. The van der Waals surface area contributed by atoms with E-state index in [1.807, 2.05) is 43.5 Å². The molecule has 6 nitrogen and oxygen atoms in total. The average Bonchev–Trinajstić information content (AvgIpc) is 2.29. The summed E-state index contributed by atoms with van der Waals surface area (Å²) in [6.07, 6.45) is 0. The van der Waals surface area contributed by atoms with Gasteiger partial charge in [0.25, 0.3) is 0 Å². The Bertz CT molecular complexity index is 390. The van der Waals surface area contributed by atoms with Gasteiger partial charge in [-0.15, -0.1) is 12.4 Å². The fourth-order valence-electron chi connectivity index (χ4n) is 1.06. The van der Waals surface area contributed by atoms with Crippen LogP contribution in [0.15, 0.2) is 29.4 Å². The number of carbonyl (C=O) groups excluding carboxylic acids is 1. The second kappa shape index (κ2) is 7.48. The Labute approximate surface area is 106 Å². The molecule has 5 N–H and O–H groups in total. The topological polar surface area (TPSA) is 91.5 Å². The third-order valence-corrected chi connectivity index (χ3v) is 1.99. The summed E-state index contributed by atoms with van der Waals surface area (Å²) in [5, 5.41) is 3.95. The number of hydrazine groups is 2. The lowest BCUT2D eigenvalue weighted by atomic mass is 10.1. The van der Waals surface area contributed by atoms with Gasteiger partial charge in [0.15, 0.2) is 0 Å². The van der Waals surface area contributed by atoms with Crippen molar-refractivity contribution in [2.75, 3.05) is 0 Å². The summed E-state index contributed by atoms with van der Waals surface area (Å²) in [5.74, 6) is 4.87. The lowest BCUT2D eigenvalue weighted by Crippen LogP contribution is -2.45. The molecule has 0 aliphatic heterocycles. The van der Waals surface area contributed by atoms with Crippen molar-refractivity contribution in [3.8, 4) is 0 Å². The minimum atomic E-state index is -0.555. The molecule has 7 heteroatoms. The minimum absolute atomic E-state index is 0. The molecule has 0 spiro atoms. The number of nitrogens with zero attached hydrogens (tertiary/aromatic N) is 1. The molecule has 0 radical (unpaired) electrons. The third-order valence-electron chi connectivity index (χ3n) is 1.99. The number of amides is 2. The molecule has 0 aromatic heterocycles. The van der Waals surface area contributed by atoms with Gasteiger partial charge in [-0.3, -0.25) is 5.43 Å². The minimum Gasteiger partial charge on any atom is -0.275 e. The first kappa shape index (κ1) is 15.2. The highest BCUT2D eigenvalue weighted by Gasteiger charge is 1.97. The second-order valence-corrected chi connectivity index (χ2v) is 3.27. The Morgan fingerprint density at radius 3 is 2.41 bits per heavy atom. The lowest BCUT2D eigenvalue weighted by Gasteiger charge is -2.04. The molecule has 0 saturated heterocycles. The molecule has 0 aliphatic rings. The number of hydrogen-bond donors (Lipinski definition) is 4. The van der Waals surface area contributed by atoms with Gasteiger partial charge in [-0.05, 0) is 19.4 Å². The monoisotopic (exact) mass is 257 g/mol. The molecule has 0 heterocycles. The van der Waals surface area contributed by atoms with Gasteiger partial charge in [0.05, 0.1) is 5.71 Å². The molecule has 1 aromatic carbocycles. The Hall–Kier alpha value is -1.79. The van der Waals surface area contributed by atoms with Crippen LogP contribution in [-0.2, 0) is 0 Å². The van der Waals surface area contributed by atoms with Crippen molar-refractivity contribution in [3.63, 3.8) is 0 Å². The summed E-state index contributed by atoms with van der Waals surface area (Å²) in [4.78, 5) is 10.7. The van der Waals surface area contributed by atoms with E-state index in [0.29, 0.717) is 0 Å². The zero-order valence-corrected chi connectivity index (χ0v) is 10.5. The van der Waals surface area contributed by atoms with Crippen LogP contribution in [0.4, 0.5) is 4.79 Å². The maximum absolute atomic E-state index is 10.7. The van der Waals surface area contributed by atoms with E-state index in [4.69, 9.17) is 5.84 Å². The van der Waals surface area contributed by atoms with Gasteiger partial charge in [0.1, 0.15) is 0 Å². The maximum Gasteiger partial charge on any atom is 0.348 e. The van der Waals surface area contributed by atoms with Crippen molar-refractivity contribution in [1.82, 2.24) is 16.4 Å². The first-order valence-corrected chi connectivity index (χ1v) is 4.76. The molecule has 0 atom stereocenters. The Kier molecular flexibility index (Phi) is 6.69. The highest BCUT2D eigenvalue weighted by Crippen LogP contribution is 2.03. The van der Waals surface area contributed by atoms with Crippen LogP contribution in [0.2, 0.25) is 0 Å². The van der Waals surface area contributed by atoms with E-state index in [-0.39, 0.29) is 12.4 Å². The van der Waals surface area contributed by atoms with Crippen molar-refractivity contribution in [3.05, 3.63) is 35.4 Å². The summed E-state index contributed by atoms with van der Waals surface area (Å²) in [6, 6.07) is 7.35. The van der Waals surface area contributed by atoms with Crippen LogP contribution in [0, 0.1) is 6.92 Å². The number of carbonyl (C=O) groups is 1. The number of rotatable bonds is 3. The molecule has 1 aromatic rings. The number of hydrogen-bond acceptors (Lipinski definition) is 4. The molecular weight excluding hydrogens is 242 g/mol. The van der Waals surface area contributed by atoms with E-state index in [1.54, 1.807) is 0 Å². The van der Waals surface area contributed by atoms with E-state index in [2.05, 4.69) is 16.1 Å². The van der Waals surface area contributed by atoms with Gasteiger partial charge in [-0.1, -0.05) is 29.8 Å². The highest BCUT2D eigenvalue weighted by atomic mass is 35.5. The quantitative estimate of drug-likeness (QED) is 0.280. The first-order chi connectivity index (χ1) is 7.63. The van der Waals surface area contributed by atoms with Crippen LogP contribution in [0.5, 0.6) is 0 Å². The molecule has 0 aliphatic carbocycles. The molecule has 17 heavy (non-hydrogen) atoms. The smallest absolute Gasteiger partial charge is 0.275 e. The van der Waals surface area contributed by atoms with E-state index in [9.17, 15) is 4.79 Å². The van der Waals surface area contributed by atoms with E-state index < -0.39 is 6.03 Å². The third kappa shape index (κ3) is 5.19. The number of aryl methyl sites for hydroxylation is 1. The zero-order valence-electron chi connectivity index (χ0n) is 9.65. The predicted molar refractivity (Wildman–Crippen MR) is 69.6 cm³/mol. The fraction of sp³-hybridized carbons (Fsp3) is 0.200. The molecule has 2 amide bonds. The molecular formula is C10H16ClN5O. The van der Waals surface area contributed by atoms with Crippen LogP contribution in [0.1, 0.15) is 18.1 Å².